The molecule has 0 spiro atoms. The predicted octanol–water partition coefficient (Wildman–Crippen LogP) is 3.53. The first-order valence-electron chi connectivity index (χ1n) is 4.24. The molecule has 4 heteroatoms. The lowest BCUT2D eigenvalue weighted by molar-refractivity contribution is -0.0522. The van der Waals surface area contributed by atoms with E-state index in [1.54, 1.807) is 0 Å². The van der Waals surface area contributed by atoms with E-state index in [0.29, 0.717) is 5.56 Å². The van der Waals surface area contributed by atoms with Crippen molar-refractivity contribution >= 4 is 0 Å². The smallest absolute Gasteiger partial charge is 0.387 e. The van der Waals surface area contributed by atoms with Gasteiger partial charge in [-0.1, -0.05) is 12.1 Å². The highest BCUT2D eigenvalue weighted by molar-refractivity contribution is 5.33. The fraction of sp³-hybridized carbons (Fsp3) is 0.182. The lowest BCUT2D eigenvalue weighted by Gasteiger charge is -2.09. The second kappa shape index (κ2) is 4.87. The van der Waals surface area contributed by atoms with Crippen LogP contribution in [0.3, 0.4) is 0 Å². The van der Waals surface area contributed by atoms with Crippen molar-refractivity contribution in [2.24, 2.45) is 0 Å². The Bertz CT molecular complexity index is 350. The molecule has 0 bridgehead atoms. The van der Waals surface area contributed by atoms with Gasteiger partial charge in [0.25, 0.3) is 0 Å². The van der Waals surface area contributed by atoms with Gasteiger partial charge in [0.2, 0.25) is 0 Å². The lowest BCUT2D eigenvalue weighted by atomic mass is 10.0. The number of rotatable bonds is 4. The normalized spacial score (nSPS) is 12.6. The van der Waals surface area contributed by atoms with E-state index in [2.05, 4.69) is 18.2 Å². The van der Waals surface area contributed by atoms with Crippen molar-refractivity contribution in [3.05, 3.63) is 49.2 Å². The molecule has 0 aliphatic rings. The van der Waals surface area contributed by atoms with Crippen molar-refractivity contribution in [3.8, 4) is 5.75 Å². The summed E-state index contributed by atoms with van der Waals surface area (Å²) in [6.45, 7) is 4.16. The lowest BCUT2D eigenvalue weighted by Crippen LogP contribution is -2.04. The Kier molecular flexibility index (Phi) is 3.77. The third kappa shape index (κ3) is 3.01. The van der Waals surface area contributed by atoms with E-state index in [1.807, 2.05) is 0 Å². The third-order valence-corrected chi connectivity index (χ3v) is 1.88. The minimum absolute atomic E-state index is 0.278. The van der Waals surface area contributed by atoms with Crippen LogP contribution in [0.15, 0.2) is 30.9 Å². The van der Waals surface area contributed by atoms with Crippen LogP contribution in [0.25, 0.3) is 0 Å². The van der Waals surface area contributed by atoms with Crippen LogP contribution in [0.1, 0.15) is 11.5 Å². The van der Waals surface area contributed by atoms with Gasteiger partial charge in [-0.25, -0.2) is 4.39 Å². The zero-order valence-electron chi connectivity index (χ0n) is 7.92. The summed E-state index contributed by atoms with van der Waals surface area (Å²) in [5.41, 5.74) is 0.559. The summed E-state index contributed by atoms with van der Waals surface area (Å²) < 4.78 is 40.8. The van der Waals surface area contributed by atoms with Gasteiger partial charge in [-0.15, -0.1) is 6.58 Å². The second-order valence-electron chi connectivity index (χ2n) is 2.91. The molecule has 1 atom stereocenters. The summed E-state index contributed by atoms with van der Waals surface area (Å²) in [6, 6.07) is 3.73. The summed E-state index contributed by atoms with van der Waals surface area (Å²) in [7, 11) is 0. The van der Waals surface area contributed by atoms with Crippen LogP contribution in [-0.4, -0.2) is 6.61 Å². The molecule has 1 unspecified atom stereocenters. The van der Waals surface area contributed by atoms with Gasteiger partial charge in [0, 0.05) is 5.92 Å². The fourth-order valence-corrected chi connectivity index (χ4v) is 1.08. The van der Waals surface area contributed by atoms with Crippen molar-refractivity contribution < 1.29 is 17.9 Å². The first-order valence-corrected chi connectivity index (χ1v) is 4.24. The Hall–Kier alpha value is -1.45. The number of alkyl halides is 2. The van der Waals surface area contributed by atoms with E-state index in [0.717, 1.165) is 12.1 Å². The van der Waals surface area contributed by atoms with Crippen molar-refractivity contribution in [1.29, 1.82) is 0 Å². The Labute approximate surface area is 86.2 Å². The Morgan fingerprint density at radius 1 is 1.33 bits per heavy atom. The quantitative estimate of drug-likeness (QED) is 0.698. The molecule has 0 aromatic heterocycles. The molecule has 0 amide bonds. The van der Waals surface area contributed by atoms with Gasteiger partial charge >= 0.3 is 6.61 Å². The molecule has 0 fully saturated rings. The van der Waals surface area contributed by atoms with Gasteiger partial charge in [-0.2, -0.15) is 8.78 Å². The highest BCUT2D eigenvalue weighted by atomic mass is 19.3. The molecule has 1 radical (unpaired) electrons. The summed E-state index contributed by atoms with van der Waals surface area (Å²) >= 11 is 0. The van der Waals surface area contributed by atoms with E-state index >= 15 is 0 Å². The summed E-state index contributed by atoms with van der Waals surface area (Å²) in [4.78, 5) is 0. The van der Waals surface area contributed by atoms with E-state index in [9.17, 15) is 13.2 Å². The first kappa shape index (κ1) is 11.6. The van der Waals surface area contributed by atoms with Crippen LogP contribution in [0, 0.1) is 12.7 Å². The molecule has 1 aromatic carbocycles. The number of allylic oxidation sites excluding steroid dienone is 1. The summed E-state index contributed by atoms with van der Waals surface area (Å²) in [6.07, 6.45) is 1.53. The van der Waals surface area contributed by atoms with Gasteiger partial charge < -0.3 is 4.74 Å². The monoisotopic (exact) mass is 215 g/mol. The largest absolute Gasteiger partial charge is 0.432 e. The molecule has 15 heavy (non-hydrogen) atoms. The predicted molar refractivity (Wildman–Crippen MR) is 51.3 cm³/mol. The Balaban J connectivity index is 2.92. The number of hydrogen-bond donors (Lipinski definition) is 0. The van der Waals surface area contributed by atoms with Gasteiger partial charge in [0.15, 0.2) is 11.6 Å². The number of halogens is 3. The van der Waals surface area contributed by atoms with Crippen molar-refractivity contribution in [2.75, 3.05) is 0 Å². The third-order valence-electron chi connectivity index (χ3n) is 1.88. The minimum Gasteiger partial charge on any atom is -0.432 e. The Morgan fingerprint density at radius 2 is 2.00 bits per heavy atom. The maximum Gasteiger partial charge on any atom is 0.387 e. The molecule has 1 rings (SSSR count). The molecule has 0 N–H and O–H groups in total. The average molecular weight is 215 g/mol. The van der Waals surface area contributed by atoms with E-state index in [-0.39, 0.29) is 5.92 Å². The fourth-order valence-electron chi connectivity index (χ4n) is 1.08. The number of ether oxygens (including phenoxy) is 1. The maximum atomic E-state index is 13.2. The summed E-state index contributed by atoms with van der Waals surface area (Å²) in [5.74, 6) is -1.58. The summed E-state index contributed by atoms with van der Waals surface area (Å²) in [5, 5.41) is 0. The molecule has 0 saturated heterocycles. The van der Waals surface area contributed by atoms with Gasteiger partial charge in [-0.3, -0.25) is 0 Å². The first-order chi connectivity index (χ1) is 7.04. The van der Waals surface area contributed by atoms with Gasteiger partial charge in [-0.05, 0) is 24.6 Å². The van der Waals surface area contributed by atoms with Crippen LogP contribution in [0.5, 0.6) is 5.75 Å². The second-order valence-corrected chi connectivity index (χ2v) is 2.91. The van der Waals surface area contributed by atoms with Crippen molar-refractivity contribution in [2.45, 2.75) is 12.5 Å². The standard InChI is InChI=1S/C11H10F3O/c1-3-7(2)8-4-5-10(9(12)6-8)15-11(13)14/h3-7,11H,1-2H2. The van der Waals surface area contributed by atoms with Crippen LogP contribution in [0.4, 0.5) is 13.2 Å². The minimum atomic E-state index is -3.03. The number of benzene rings is 1. The van der Waals surface area contributed by atoms with E-state index < -0.39 is 18.2 Å². The zero-order chi connectivity index (χ0) is 11.4. The van der Waals surface area contributed by atoms with Crippen LogP contribution >= 0.6 is 0 Å². The highest BCUT2D eigenvalue weighted by Gasteiger charge is 2.11. The average Bonchev–Trinajstić information content (AvgIpc) is 2.19. The van der Waals surface area contributed by atoms with Crippen molar-refractivity contribution in [1.82, 2.24) is 0 Å². The highest BCUT2D eigenvalue weighted by Crippen LogP contribution is 2.24. The van der Waals surface area contributed by atoms with Gasteiger partial charge in [0.1, 0.15) is 0 Å². The van der Waals surface area contributed by atoms with Crippen LogP contribution < -0.4 is 4.74 Å². The molecule has 1 aromatic rings. The van der Waals surface area contributed by atoms with Crippen LogP contribution in [-0.2, 0) is 0 Å². The van der Waals surface area contributed by atoms with Crippen LogP contribution in [0.2, 0.25) is 0 Å². The molecule has 0 saturated carbocycles. The molecular formula is C11H10F3O. The number of hydrogen-bond acceptors (Lipinski definition) is 1. The molecule has 0 heterocycles. The molecule has 81 valence electrons. The zero-order valence-corrected chi connectivity index (χ0v) is 7.92. The molecule has 0 aliphatic heterocycles. The molecule has 1 nitrogen and oxygen atoms in total. The molecular weight excluding hydrogens is 205 g/mol. The van der Waals surface area contributed by atoms with E-state index in [4.69, 9.17) is 0 Å². The molecule has 0 aliphatic carbocycles. The topological polar surface area (TPSA) is 9.23 Å². The Morgan fingerprint density at radius 3 is 2.47 bits per heavy atom. The maximum absolute atomic E-state index is 13.2. The van der Waals surface area contributed by atoms with Crippen molar-refractivity contribution in [3.63, 3.8) is 0 Å². The van der Waals surface area contributed by atoms with E-state index in [1.165, 1.54) is 12.1 Å². The SMILES string of the molecule is [CH2]C(C=C)c1ccc(OC(F)F)c(F)c1. The van der Waals surface area contributed by atoms with Gasteiger partial charge in [0.05, 0.1) is 0 Å².